The molecule has 1 aromatic heterocycles. The number of carbonyl (C=O) groups is 1. The van der Waals surface area contributed by atoms with Gasteiger partial charge in [-0.25, -0.2) is 17.5 Å². The average Bonchev–Trinajstić information content (AvgIpc) is 3.37. The third-order valence-corrected chi connectivity index (χ3v) is 8.91. The lowest BCUT2D eigenvalue weighted by Crippen LogP contribution is -2.41. The number of halogens is 1. The van der Waals surface area contributed by atoms with Crippen molar-refractivity contribution < 1.29 is 17.6 Å². The molecule has 4 aromatic rings. The number of sulfonamides is 1. The van der Waals surface area contributed by atoms with Gasteiger partial charge in [0.05, 0.1) is 22.6 Å². The Morgan fingerprint density at radius 1 is 1.03 bits per heavy atom. The van der Waals surface area contributed by atoms with Crippen LogP contribution in [0.4, 0.5) is 4.39 Å². The maximum absolute atomic E-state index is 13.2. The molecule has 1 amide bonds. The summed E-state index contributed by atoms with van der Waals surface area (Å²) in [6, 6.07) is 21.8. The normalized spacial score (nSPS) is 18.4. The lowest BCUT2D eigenvalue weighted by atomic mass is 9.85. The van der Waals surface area contributed by atoms with E-state index >= 15 is 0 Å². The largest absolute Gasteiger partial charge is 0.354 e. The van der Waals surface area contributed by atoms with E-state index in [1.807, 2.05) is 25.1 Å². The summed E-state index contributed by atoms with van der Waals surface area (Å²) in [5.74, 6) is -0.588. The van der Waals surface area contributed by atoms with Gasteiger partial charge in [-0.3, -0.25) is 4.79 Å². The Morgan fingerprint density at radius 2 is 1.74 bits per heavy atom. The summed E-state index contributed by atoms with van der Waals surface area (Å²) in [4.78, 5) is 16.2. The number of H-pyrrole nitrogens is 1. The number of nitrogens with zero attached hydrogens (tertiary/aromatic N) is 1. The van der Waals surface area contributed by atoms with Crippen molar-refractivity contribution in [2.75, 3.05) is 0 Å². The van der Waals surface area contributed by atoms with E-state index in [-0.39, 0.29) is 34.6 Å². The zero-order valence-electron chi connectivity index (χ0n) is 21.4. The Balaban J connectivity index is 1.21. The van der Waals surface area contributed by atoms with Gasteiger partial charge in [0.2, 0.25) is 15.9 Å². The highest BCUT2D eigenvalue weighted by molar-refractivity contribution is 7.89. The minimum atomic E-state index is -3.77. The molecule has 200 valence electrons. The minimum Gasteiger partial charge on any atom is -0.354 e. The maximum atomic E-state index is 13.2. The van der Waals surface area contributed by atoms with Crippen molar-refractivity contribution in [2.45, 2.75) is 49.6 Å². The molecule has 5 rings (SSSR count). The molecular weight excluding hydrogens is 515 g/mol. The van der Waals surface area contributed by atoms with E-state index in [9.17, 15) is 22.9 Å². The second-order valence-corrected chi connectivity index (χ2v) is 11.8. The van der Waals surface area contributed by atoms with Crippen molar-refractivity contribution in [2.24, 2.45) is 5.92 Å². The number of benzene rings is 3. The highest BCUT2D eigenvalue weighted by atomic mass is 32.2. The number of aromatic amines is 1. The van der Waals surface area contributed by atoms with Crippen LogP contribution in [0.5, 0.6) is 0 Å². The van der Waals surface area contributed by atoms with E-state index in [0.717, 1.165) is 22.2 Å². The van der Waals surface area contributed by atoms with Crippen molar-refractivity contribution in [1.82, 2.24) is 15.0 Å². The summed E-state index contributed by atoms with van der Waals surface area (Å²) >= 11 is 0. The third-order valence-electron chi connectivity index (χ3n) is 7.39. The van der Waals surface area contributed by atoms with Gasteiger partial charge in [0.15, 0.2) is 0 Å². The SMILES string of the molecule is C[C@@H](NC(=O)[C@H]1CC[C@H](NS(=O)(=O)c2ccc3cc(-c4ccccc4C#N)[nH]c3c2)CC1)c1ccc(F)cc1. The van der Waals surface area contributed by atoms with Crippen molar-refractivity contribution >= 4 is 26.8 Å². The third kappa shape index (κ3) is 5.87. The van der Waals surface area contributed by atoms with Crippen LogP contribution in [0.25, 0.3) is 22.2 Å². The molecule has 0 radical (unpaired) electrons. The Morgan fingerprint density at radius 3 is 2.46 bits per heavy atom. The number of nitriles is 1. The van der Waals surface area contributed by atoms with Crippen molar-refractivity contribution in [3.05, 3.63) is 89.7 Å². The Hall–Kier alpha value is -4.00. The van der Waals surface area contributed by atoms with Crippen molar-refractivity contribution in [3.8, 4) is 17.3 Å². The van der Waals surface area contributed by atoms with Crippen LogP contribution in [0.2, 0.25) is 0 Å². The second kappa shape index (κ2) is 11.0. The summed E-state index contributed by atoms with van der Waals surface area (Å²) < 4.78 is 42.4. The fourth-order valence-corrected chi connectivity index (χ4v) is 6.49. The Kier molecular flexibility index (Phi) is 7.51. The summed E-state index contributed by atoms with van der Waals surface area (Å²) in [6.07, 6.45) is 2.27. The molecule has 1 saturated carbocycles. The molecule has 0 saturated heterocycles. The van der Waals surface area contributed by atoms with Crippen LogP contribution < -0.4 is 10.0 Å². The molecule has 1 aliphatic rings. The quantitative estimate of drug-likeness (QED) is 0.283. The van der Waals surface area contributed by atoms with Crippen LogP contribution in [0.15, 0.2) is 77.7 Å². The van der Waals surface area contributed by atoms with Gasteiger partial charge < -0.3 is 10.3 Å². The van der Waals surface area contributed by atoms with E-state index in [1.165, 1.54) is 12.1 Å². The van der Waals surface area contributed by atoms with Crippen LogP contribution in [-0.4, -0.2) is 25.4 Å². The minimum absolute atomic E-state index is 0.0703. The molecule has 1 fully saturated rings. The number of rotatable bonds is 7. The lowest BCUT2D eigenvalue weighted by molar-refractivity contribution is -0.126. The predicted molar refractivity (Wildman–Crippen MR) is 147 cm³/mol. The van der Waals surface area contributed by atoms with Crippen LogP contribution in [-0.2, 0) is 14.8 Å². The number of hydrogen-bond acceptors (Lipinski definition) is 4. The van der Waals surface area contributed by atoms with Gasteiger partial charge in [0.1, 0.15) is 5.82 Å². The van der Waals surface area contributed by atoms with E-state index in [1.54, 1.807) is 42.5 Å². The van der Waals surface area contributed by atoms with E-state index in [4.69, 9.17) is 0 Å². The van der Waals surface area contributed by atoms with Crippen LogP contribution in [0.3, 0.4) is 0 Å². The number of hydrogen-bond donors (Lipinski definition) is 3. The Labute approximate surface area is 227 Å². The zero-order chi connectivity index (χ0) is 27.6. The first-order valence-electron chi connectivity index (χ1n) is 12.9. The molecule has 1 aliphatic carbocycles. The highest BCUT2D eigenvalue weighted by Gasteiger charge is 2.30. The molecule has 7 nitrogen and oxygen atoms in total. The molecule has 1 heterocycles. The van der Waals surface area contributed by atoms with E-state index < -0.39 is 10.0 Å². The highest BCUT2D eigenvalue weighted by Crippen LogP contribution is 2.30. The van der Waals surface area contributed by atoms with Crippen LogP contribution >= 0.6 is 0 Å². The number of amides is 1. The molecule has 0 aliphatic heterocycles. The number of fused-ring (bicyclic) bond motifs is 1. The number of aromatic nitrogens is 1. The fraction of sp³-hybridized carbons (Fsp3) is 0.267. The molecule has 9 heteroatoms. The molecule has 0 unspecified atom stereocenters. The summed E-state index contributed by atoms with van der Waals surface area (Å²) in [6.45, 7) is 1.86. The summed E-state index contributed by atoms with van der Waals surface area (Å²) in [5.41, 5.74) is 3.53. The van der Waals surface area contributed by atoms with Crippen LogP contribution in [0.1, 0.15) is 49.8 Å². The van der Waals surface area contributed by atoms with Crippen molar-refractivity contribution in [1.29, 1.82) is 5.26 Å². The first-order chi connectivity index (χ1) is 18.7. The average molecular weight is 545 g/mol. The first kappa shape index (κ1) is 26.6. The first-order valence-corrected chi connectivity index (χ1v) is 14.4. The van der Waals surface area contributed by atoms with E-state index in [0.29, 0.717) is 36.8 Å². The van der Waals surface area contributed by atoms with Gasteiger partial charge >= 0.3 is 0 Å². The predicted octanol–water partition coefficient (Wildman–Crippen LogP) is 5.56. The number of carbonyl (C=O) groups excluding carboxylic acids is 1. The van der Waals surface area contributed by atoms with Gasteiger partial charge in [-0.1, -0.05) is 36.4 Å². The monoisotopic (exact) mass is 544 g/mol. The van der Waals surface area contributed by atoms with Crippen LogP contribution in [0, 0.1) is 23.1 Å². The molecule has 1 atom stereocenters. The lowest BCUT2D eigenvalue weighted by Gasteiger charge is -2.29. The van der Waals surface area contributed by atoms with Gasteiger partial charge in [-0.2, -0.15) is 5.26 Å². The summed E-state index contributed by atoms with van der Waals surface area (Å²) in [5, 5.41) is 13.3. The van der Waals surface area contributed by atoms with Gasteiger partial charge in [0, 0.05) is 34.1 Å². The molecule has 3 aromatic carbocycles. The van der Waals surface area contributed by atoms with Gasteiger partial charge in [0.25, 0.3) is 0 Å². The second-order valence-electron chi connectivity index (χ2n) is 10.0. The summed E-state index contributed by atoms with van der Waals surface area (Å²) in [7, 11) is -3.77. The van der Waals surface area contributed by atoms with Gasteiger partial charge in [-0.15, -0.1) is 0 Å². The van der Waals surface area contributed by atoms with Crippen molar-refractivity contribution in [3.63, 3.8) is 0 Å². The molecule has 39 heavy (non-hydrogen) atoms. The molecular formula is C30H29FN4O3S. The molecule has 0 bridgehead atoms. The van der Waals surface area contributed by atoms with E-state index in [2.05, 4.69) is 21.1 Å². The molecule has 0 spiro atoms. The number of nitrogens with one attached hydrogen (secondary N) is 3. The molecule has 3 N–H and O–H groups in total. The van der Waals surface area contributed by atoms with Gasteiger partial charge in [-0.05, 0) is 74.6 Å². The zero-order valence-corrected chi connectivity index (χ0v) is 22.3. The smallest absolute Gasteiger partial charge is 0.240 e. The fourth-order valence-electron chi connectivity index (χ4n) is 5.16. The maximum Gasteiger partial charge on any atom is 0.240 e. The topological polar surface area (TPSA) is 115 Å². The standard InChI is InChI=1S/C30H29FN4O3S/c1-19(20-6-11-24(31)12-7-20)33-30(36)21-8-13-25(14-9-21)35-39(37,38)26-15-10-22-16-29(34-28(22)17-26)27-5-3-2-4-23(27)18-32/h2-7,10-12,15-17,19,21,25,34-35H,8-9,13-14H2,1H3,(H,33,36)/t19-,21-,25-/m1/s1. The Bertz CT molecular complexity index is 1650.